The highest BCUT2D eigenvalue weighted by molar-refractivity contribution is 7.15. The third-order valence-electron chi connectivity index (χ3n) is 3.44. The van der Waals surface area contributed by atoms with E-state index in [1.165, 1.54) is 28.6 Å². The van der Waals surface area contributed by atoms with E-state index in [0.29, 0.717) is 21.3 Å². The minimum Gasteiger partial charge on any atom is -0.619 e. The third-order valence-corrected chi connectivity index (χ3v) is 4.48. The quantitative estimate of drug-likeness (QED) is 0.680. The Labute approximate surface area is 120 Å². The van der Waals surface area contributed by atoms with Gasteiger partial charge in [0.25, 0.3) is 5.91 Å². The number of rotatable bonds is 2. The van der Waals surface area contributed by atoms with Gasteiger partial charge in [0, 0.05) is 10.9 Å². The molecule has 2 heterocycles. The van der Waals surface area contributed by atoms with Crippen molar-refractivity contribution >= 4 is 22.4 Å². The number of anilines is 1. The first-order valence-corrected chi connectivity index (χ1v) is 7.42. The van der Waals surface area contributed by atoms with Gasteiger partial charge in [-0.05, 0) is 31.2 Å². The summed E-state index contributed by atoms with van der Waals surface area (Å²) in [6.07, 6.45) is 5.77. The second kappa shape index (κ2) is 5.20. The fourth-order valence-electron chi connectivity index (χ4n) is 2.35. The van der Waals surface area contributed by atoms with Gasteiger partial charge >= 0.3 is 0 Å². The molecule has 0 spiro atoms. The Morgan fingerprint density at radius 2 is 2.45 bits per heavy atom. The van der Waals surface area contributed by atoms with Gasteiger partial charge < -0.3 is 5.21 Å². The van der Waals surface area contributed by atoms with Gasteiger partial charge in [0.15, 0.2) is 17.5 Å². The van der Waals surface area contributed by atoms with Crippen molar-refractivity contribution in [2.45, 2.75) is 26.2 Å². The topological polar surface area (TPSA) is 68.9 Å². The maximum Gasteiger partial charge on any atom is 0.263 e. The van der Waals surface area contributed by atoms with Crippen LogP contribution in [0.25, 0.3) is 0 Å². The summed E-state index contributed by atoms with van der Waals surface area (Å²) < 4.78 is 0.615. The molecule has 3 rings (SSSR count). The van der Waals surface area contributed by atoms with E-state index < -0.39 is 0 Å². The first-order valence-electron chi connectivity index (χ1n) is 6.60. The molecule has 0 saturated heterocycles. The number of nitrogens with one attached hydrogen (secondary N) is 1. The highest BCUT2D eigenvalue weighted by Crippen LogP contribution is 2.32. The van der Waals surface area contributed by atoms with Crippen molar-refractivity contribution in [2.24, 2.45) is 5.92 Å². The van der Waals surface area contributed by atoms with Crippen LogP contribution < -0.4 is 10.0 Å². The molecular weight excluding hydrogens is 274 g/mol. The van der Waals surface area contributed by atoms with E-state index in [4.69, 9.17) is 0 Å². The molecular formula is C14H15N3O2S. The number of pyridine rings is 1. The zero-order valence-corrected chi connectivity index (χ0v) is 11.9. The Morgan fingerprint density at radius 1 is 1.60 bits per heavy atom. The van der Waals surface area contributed by atoms with E-state index in [2.05, 4.69) is 17.2 Å². The Bertz CT molecular complexity index is 654. The standard InChI is InChI=1S/C14H15N3O2S/c1-9-4-5-11-12(7-9)20-14(15-11)16-13(18)10-3-2-6-17(19)8-10/h2-3,6,8-9H,4-5,7H2,1H3,(H,15,16,18)/t9-/m1/s1. The van der Waals surface area contributed by atoms with Crippen LogP contribution in [0.4, 0.5) is 5.13 Å². The van der Waals surface area contributed by atoms with Crippen molar-refractivity contribution in [1.29, 1.82) is 0 Å². The molecule has 1 N–H and O–H groups in total. The van der Waals surface area contributed by atoms with Gasteiger partial charge in [-0.15, -0.1) is 11.3 Å². The van der Waals surface area contributed by atoms with Crippen molar-refractivity contribution in [3.8, 4) is 0 Å². The Kier molecular flexibility index (Phi) is 3.40. The van der Waals surface area contributed by atoms with Crippen molar-refractivity contribution in [2.75, 3.05) is 5.32 Å². The molecule has 0 radical (unpaired) electrons. The zero-order valence-electron chi connectivity index (χ0n) is 11.1. The largest absolute Gasteiger partial charge is 0.619 e. The maximum atomic E-state index is 12.0. The fourth-order valence-corrected chi connectivity index (χ4v) is 3.52. The summed E-state index contributed by atoms with van der Waals surface area (Å²) in [5.74, 6) is 0.384. The molecule has 1 aliphatic rings. The molecule has 1 amide bonds. The number of hydrogen-bond acceptors (Lipinski definition) is 4. The number of aryl methyl sites for hydroxylation is 1. The van der Waals surface area contributed by atoms with Gasteiger partial charge in [-0.25, -0.2) is 4.98 Å². The molecule has 0 saturated carbocycles. The molecule has 1 atom stereocenters. The van der Waals surface area contributed by atoms with Crippen LogP contribution in [0.1, 0.15) is 34.3 Å². The number of aromatic nitrogens is 2. The van der Waals surface area contributed by atoms with Crippen LogP contribution in [-0.2, 0) is 12.8 Å². The Morgan fingerprint density at radius 3 is 3.25 bits per heavy atom. The zero-order chi connectivity index (χ0) is 14.1. The number of carbonyl (C=O) groups excluding carboxylic acids is 1. The lowest BCUT2D eigenvalue weighted by atomic mass is 9.93. The smallest absolute Gasteiger partial charge is 0.263 e. The predicted molar refractivity (Wildman–Crippen MR) is 76.7 cm³/mol. The number of thiazole rings is 1. The van der Waals surface area contributed by atoms with Crippen LogP contribution in [0.5, 0.6) is 0 Å². The van der Waals surface area contributed by atoms with E-state index in [1.54, 1.807) is 12.1 Å². The number of nitrogens with zero attached hydrogens (tertiary/aromatic N) is 2. The number of amides is 1. The van der Waals surface area contributed by atoms with Crippen LogP contribution in [0.15, 0.2) is 24.5 Å². The van der Waals surface area contributed by atoms with Gasteiger partial charge in [-0.1, -0.05) is 6.92 Å². The lowest BCUT2D eigenvalue weighted by Gasteiger charge is -2.15. The van der Waals surface area contributed by atoms with Crippen LogP contribution in [0, 0.1) is 11.1 Å². The van der Waals surface area contributed by atoms with Crippen molar-refractivity contribution in [3.05, 3.63) is 45.9 Å². The van der Waals surface area contributed by atoms with Gasteiger partial charge in [0.2, 0.25) is 0 Å². The second-order valence-corrected chi connectivity index (χ2v) is 6.23. The maximum absolute atomic E-state index is 12.0. The first-order chi connectivity index (χ1) is 9.61. The molecule has 1 aliphatic carbocycles. The predicted octanol–water partition coefficient (Wildman–Crippen LogP) is 2.15. The van der Waals surface area contributed by atoms with Gasteiger partial charge in [-0.3, -0.25) is 10.1 Å². The average molecular weight is 289 g/mol. The van der Waals surface area contributed by atoms with Crippen LogP contribution in [0.3, 0.4) is 0 Å². The highest BCUT2D eigenvalue weighted by Gasteiger charge is 2.21. The summed E-state index contributed by atoms with van der Waals surface area (Å²) in [7, 11) is 0. The molecule has 0 unspecified atom stereocenters. The minimum absolute atomic E-state index is 0.297. The summed E-state index contributed by atoms with van der Waals surface area (Å²) in [6.45, 7) is 2.23. The Hall–Kier alpha value is -1.95. The monoisotopic (exact) mass is 289 g/mol. The van der Waals surface area contributed by atoms with Gasteiger partial charge in [-0.2, -0.15) is 4.73 Å². The first kappa shape index (κ1) is 13.1. The summed E-state index contributed by atoms with van der Waals surface area (Å²) in [6, 6.07) is 3.16. The van der Waals surface area contributed by atoms with Crippen molar-refractivity contribution < 1.29 is 9.52 Å². The summed E-state index contributed by atoms with van der Waals surface area (Å²) in [5, 5.41) is 14.6. The summed E-state index contributed by atoms with van der Waals surface area (Å²) >= 11 is 1.54. The fraction of sp³-hybridized carbons (Fsp3) is 0.357. The van der Waals surface area contributed by atoms with Crippen molar-refractivity contribution in [3.63, 3.8) is 0 Å². The van der Waals surface area contributed by atoms with Crippen LogP contribution >= 0.6 is 11.3 Å². The minimum atomic E-state index is -0.297. The normalized spacial score (nSPS) is 17.6. The van der Waals surface area contributed by atoms with E-state index in [0.717, 1.165) is 25.0 Å². The molecule has 0 bridgehead atoms. The van der Waals surface area contributed by atoms with E-state index in [9.17, 15) is 10.0 Å². The lowest BCUT2D eigenvalue weighted by molar-refractivity contribution is -0.605. The lowest BCUT2D eigenvalue weighted by Crippen LogP contribution is -2.27. The van der Waals surface area contributed by atoms with Gasteiger partial charge in [0.1, 0.15) is 5.56 Å². The molecule has 104 valence electrons. The summed E-state index contributed by atoms with van der Waals surface area (Å²) in [4.78, 5) is 17.8. The van der Waals surface area contributed by atoms with E-state index in [-0.39, 0.29) is 5.91 Å². The Balaban J connectivity index is 1.77. The van der Waals surface area contributed by atoms with E-state index in [1.807, 2.05) is 0 Å². The van der Waals surface area contributed by atoms with Crippen LogP contribution in [-0.4, -0.2) is 10.9 Å². The average Bonchev–Trinajstić information content (AvgIpc) is 2.80. The molecule has 2 aromatic heterocycles. The molecule has 5 nitrogen and oxygen atoms in total. The molecule has 0 fully saturated rings. The molecule has 20 heavy (non-hydrogen) atoms. The van der Waals surface area contributed by atoms with Gasteiger partial charge in [0.05, 0.1) is 5.69 Å². The molecule has 2 aromatic rings. The molecule has 6 heteroatoms. The van der Waals surface area contributed by atoms with E-state index >= 15 is 0 Å². The summed E-state index contributed by atoms with van der Waals surface area (Å²) in [5.41, 5.74) is 1.44. The van der Waals surface area contributed by atoms with Crippen molar-refractivity contribution in [1.82, 2.24) is 4.98 Å². The number of fused-ring (bicyclic) bond motifs is 1. The highest BCUT2D eigenvalue weighted by atomic mass is 32.1. The molecule has 0 aliphatic heterocycles. The number of hydrogen-bond donors (Lipinski definition) is 1. The van der Waals surface area contributed by atoms with Crippen LogP contribution in [0.2, 0.25) is 0 Å². The SMILES string of the molecule is C[C@@H]1CCc2nc(NC(=O)c3ccc[n+]([O-])c3)sc2C1. The number of carbonyl (C=O) groups is 1. The third kappa shape index (κ3) is 2.65. The molecule has 0 aromatic carbocycles. The second-order valence-electron chi connectivity index (χ2n) is 5.14.